The molecule has 1 N–H and O–H groups in total. The molecular formula is C19H14FN3O2. The lowest BCUT2D eigenvalue weighted by Crippen LogP contribution is -2.07. The molecule has 0 aliphatic rings. The Hall–Kier alpha value is -3.46. The zero-order valence-corrected chi connectivity index (χ0v) is 13.4. The third-order valence-corrected chi connectivity index (χ3v) is 3.37. The lowest BCUT2D eigenvalue weighted by molar-refractivity contribution is 0.0520. The Bertz CT molecular complexity index is 956. The topological polar surface area (TPSA) is 67.9 Å². The minimum absolute atomic E-state index is 0.0382. The summed E-state index contributed by atoms with van der Waals surface area (Å²) in [5, 5.41) is 10.3. The van der Waals surface area contributed by atoms with Crippen LogP contribution in [0.15, 0.2) is 48.5 Å². The van der Waals surface area contributed by atoms with Crippen molar-refractivity contribution < 1.29 is 13.9 Å². The van der Waals surface area contributed by atoms with Crippen molar-refractivity contribution >= 4 is 5.97 Å². The SMILES string of the molecule is CCOC(=O)c1n[nH]nc1-c1ccc(F)cc1C#Cc1ccccc1. The summed E-state index contributed by atoms with van der Waals surface area (Å²) in [6.45, 7) is 1.92. The van der Waals surface area contributed by atoms with Crippen molar-refractivity contribution in [3.05, 3.63) is 71.2 Å². The van der Waals surface area contributed by atoms with Gasteiger partial charge in [-0.3, -0.25) is 0 Å². The smallest absolute Gasteiger partial charge is 0.361 e. The van der Waals surface area contributed by atoms with E-state index in [2.05, 4.69) is 27.3 Å². The number of rotatable bonds is 3. The number of hydrogen-bond donors (Lipinski definition) is 1. The number of benzene rings is 2. The van der Waals surface area contributed by atoms with Gasteiger partial charge in [0.05, 0.1) is 6.61 Å². The van der Waals surface area contributed by atoms with Gasteiger partial charge in [-0.1, -0.05) is 30.0 Å². The van der Waals surface area contributed by atoms with Crippen LogP contribution in [0, 0.1) is 17.7 Å². The third-order valence-electron chi connectivity index (χ3n) is 3.37. The van der Waals surface area contributed by atoms with Gasteiger partial charge in [0.15, 0.2) is 5.69 Å². The molecule has 0 saturated heterocycles. The zero-order valence-electron chi connectivity index (χ0n) is 13.4. The molecule has 0 aliphatic heterocycles. The molecule has 0 unspecified atom stereocenters. The van der Waals surface area contributed by atoms with Crippen LogP contribution in [0.5, 0.6) is 0 Å². The Balaban J connectivity index is 2.06. The monoisotopic (exact) mass is 335 g/mol. The lowest BCUT2D eigenvalue weighted by Gasteiger charge is -2.04. The number of halogens is 1. The van der Waals surface area contributed by atoms with Crippen molar-refractivity contribution in [3.63, 3.8) is 0 Å². The molecule has 0 amide bonds. The molecule has 0 radical (unpaired) electrons. The molecule has 1 heterocycles. The first kappa shape index (κ1) is 16.4. The number of aromatic nitrogens is 3. The lowest BCUT2D eigenvalue weighted by atomic mass is 10.0. The second kappa shape index (κ2) is 7.41. The van der Waals surface area contributed by atoms with E-state index in [1.54, 1.807) is 6.92 Å². The number of carbonyl (C=O) groups excluding carboxylic acids is 1. The van der Waals surface area contributed by atoms with Crippen molar-refractivity contribution in [2.75, 3.05) is 6.61 Å². The highest BCUT2D eigenvalue weighted by Gasteiger charge is 2.21. The number of hydrogen-bond acceptors (Lipinski definition) is 4. The van der Waals surface area contributed by atoms with Gasteiger partial charge in [-0.15, -0.1) is 5.10 Å². The van der Waals surface area contributed by atoms with Crippen molar-refractivity contribution in [3.8, 4) is 23.1 Å². The molecule has 3 aromatic rings. The predicted molar refractivity (Wildman–Crippen MR) is 90.2 cm³/mol. The van der Waals surface area contributed by atoms with E-state index in [0.29, 0.717) is 11.1 Å². The van der Waals surface area contributed by atoms with E-state index in [9.17, 15) is 9.18 Å². The van der Waals surface area contributed by atoms with Crippen LogP contribution in [0.25, 0.3) is 11.3 Å². The van der Waals surface area contributed by atoms with Gasteiger partial charge in [0.25, 0.3) is 0 Å². The Labute approximate surface area is 143 Å². The number of carbonyl (C=O) groups is 1. The van der Waals surface area contributed by atoms with Crippen molar-refractivity contribution in [2.45, 2.75) is 6.92 Å². The molecule has 0 spiro atoms. The minimum Gasteiger partial charge on any atom is -0.461 e. The average molecular weight is 335 g/mol. The molecule has 2 aromatic carbocycles. The predicted octanol–water partition coefficient (Wildman–Crippen LogP) is 3.19. The molecule has 25 heavy (non-hydrogen) atoms. The van der Waals surface area contributed by atoms with Crippen LogP contribution in [-0.4, -0.2) is 28.0 Å². The Morgan fingerprint density at radius 1 is 1.16 bits per heavy atom. The second-order valence-electron chi connectivity index (χ2n) is 5.05. The minimum atomic E-state index is -0.599. The van der Waals surface area contributed by atoms with Gasteiger partial charge in [0.1, 0.15) is 11.5 Å². The van der Waals surface area contributed by atoms with Gasteiger partial charge >= 0.3 is 5.97 Å². The maximum atomic E-state index is 13.7. The van der Waals surface area contributed by atoms with Gasteiger partial charge in [0, 0.05) is 16.7 Å². The maximum Gasteiger partial charge on any atom is 0.361 e. The van der Waals surface area contributed by atoms with E-state index in [1.165, 1.54) is 18.2 Å². The zero-order chi connectivity index (χ0) is 17.6. The summed E-state index contributed by atoms with van der Waals surface area (Å²) in [4.78, 5) is 12.0. The summed E-state index contributed by atoms with van der Waals surface area (Å²) in [6.07, 6.45) is 0. The summed E-state index contributed by atoms with van der Waals surface area (Å²) in [7, 11) is 0. The molecule has 3 rings (SSSR count). The van der Waals surface area contributed by atoms with E-state index in [1.807, 2.05) is 30.3 Å². The van der Waals surface area contributed by atoms with E-state index < -0.39 is 11.8 Å². The highest BCUT2D eigenvalue weighted by molar-refractivity contribution is 5.94. The van der Waals surface area contributed by atoms with Crippen LogP contribution in [0.1, 0.15) is 28.5 Å². The fourth-order valence-corrected chi connectivity index (χ4v) is 2.25. The first-order chi connectivity index (χ1) is 12.2. The number of nitrogens with one attached hydrogen (secondary N) is 1. The van der Waals surface area contributed by atoms with Crippen LogP contribution >= 0.6 is 0 Å². The molecule has 0 atom stereocenters. The van der Waals surface area contributed by atoms with Crippen LogP contribution < -0.4 is 0 Å². The maximum absolute atomic E-state index is 13.7. The molecule has 124 valence electrons. The van der Waals surface area contributed by atoms with Gasteiger partial charge < -0.3 is 4.74 Å². The van der Waals surface area contributed by atoms with E-state index >= 15 is 0 Å². The molecule has 0 aliphatic carbocycles. The van der Waals surface area contributed by atoms with Crippen molar-refractivity contribution in [1.82, 2.24) is 15.4 Å². The molecule has 0 fully saturated rings. The first-order valence-electron chi connectivity index (χ1n) is 7.64. The first-order valence-corrected chi connectivity index (χ1v) is 7.64. The molecule has 0 saturated carbocycles. The Kier molecular flexibility index (Phi) is 4.86. The molecule has 0 bridgehead atoms. The van der Waals surface area contributed by atoms with Crippen LogP contribution in [-0.2, 0) is 4.74 Å². The van der Waals surface area contributed by atoms with Gasteiger partial charge in [0.2, 0.25) is 0 Å². The van der Waals surface area contributed by atoms with Gasteiger partial charge in [-0.25, -0.2) is 9.18 Å². The number of nitrogens with zero attached hydrogens (tertiary/aromatic N) is 2. The van der Waals surface area contributed by atoms with Gasteiger partial charge in [-0.05, 0) is 37.3 Å². The molecule has 1 aromatic heterocycles. The largest absolute Gasteiger partial charge is 0.461 e. The number of H-pyrrole nitrogens is 1. The highest BCUT2D eigenvalue weighted by atomic mass is 19.1. The van der Waals surface area contributed by atoms with Crippen molar-refractivity contribution in [2.24, 2.45) is 0 Å². The van der Waals surface area contributed by atoms with Crippen LogP contribution in [0.3, 0.4) is 0 Å². The highest BCUT2D eigenvalue weighted by Crippen LogP contribution is 2.25. The summed E-state index contributed by atoms with van der Waals surface area (Å²) in [5.41, 5.74) is 2.01. The normalized spacial score (nSPS) is 10.0. The fourth-order valence-electron chi connectivity index (χ4n) is 2.25. The number of esters is 1. The summed E-state index contributed by atoms with van der Waals surface area (Å²) < 4.78 is 18.7. The van der Waals surface area contributed by atoms with E-state index in [4.69, 9.17) is 4.74 Å². The standard InChI is InChI=1S/C19H14FN3O2/c1-2-25-19(24)18-17(21-23-22-18)16-11-10-15(20)12-14(16)9-8-13-6-4-3-5-7-13/h3-7,10-12H,2H2,1H3,(H,21,22,23). The Morgan fingerprint density at radius 2 is 1.96 bits per heavy atom. The third kappa shape index (κ3) is 3.72. The quantitative estimate of drug-likeness (QED) is 0.590. The van der Waals surface area contributed by atoms with E-state index in [0.717, 1.165) is 5.56 Å². The summed E-state index contributed by atoms with van der Waals surface area (Å²) in [5.74, 6) is 4.88. The fraction of sp³-hybridized carbons (Fsp3) is 0.105. The summed E-state index contributed by atoms with van der Waals surface area (Å²) in [6, 6.07) is 13.4. The number of ether oxygens (including phenoxy) is 1. The number of aromatic amines is 1. The van der Waals surface area contributed by atoms with Gasteiger partial charge in [-0.2, -0.15) is 10.3 Å². The Morgan fingerprint density at radius 3 is 2.72 bits per heavy atom. The van der Waals surface area contributed by atoms with Crippen LogP contribution in [0.4, 0.5) is 4.39 Å². The molecule has 6 heteroatoms. The van der Waals surface area contributed by atoms with Crippen molar-refractivity contribution in [1.29, 1.82) is 0 Å². The molecule has 5 nitrogen and oxygen atoms in total. The van der Waals surface area contributed by atoms with Crippen LogP contribution in [0.2, 0.25) is 0 Å². The average Bonchev–Trinajstić information content (AvgIpc) is 3.11. The molecular weight excluding hydrogens is 321 g/mol. The summed E-state index contributed by atoms with van der Waals surface area (Å²) >= 11 is 0. The second-order valence-corrected chi connectivity index (χ2v) is 5.05. The van der Waals surface area contributed by atoms with E-state index in [-0.39, 0.29) is 18.0 Å².